The molecule has 2 N–H and O–H groups in total. The number of amides is 1. The maximum atomic E-state index is 12.7. The van der Waals surface area contributed by atoms with Gasteiger partial charge in [-0.2, -0.15) is 13.2 Å². The predicted molar refractivity (Wildman–Crippen MR) is 72.6 cm³/mol. The van der Waals surface area contributed by atoms with Crippen molar-refractivity contribution in [1.29, 1.82) is 0 Å². The lowest BCUT2D eigenvalue weighted by molar-refractivity contribution is -0.137. The molecule has 0 aliphatic carbocycles. The Hall–Kier alpha value is -2.42. The van der Waals surface area contributed by atoms with Gasteiger partial charge in [-0.3, -0.25) is 4.79 Å². The summed E-state index contributed by atoms with van der Waals surface area (Å²) in [7, 11) is 1.75. The largest absolute Gasteiger partial charge is 0.416 e. The summed E-state index contributed by atoms with van der Waals surface area (Å²) in [5.41, 5.74) is -0.578. The third kappa shape index (κ3) is 3.82. The molecule has 0 saturated carbocycles. The van der Waals surface area contributed by atoms with Gasteiger partial charge in [0.2, 0.25) is 0 Å². The molecule has 2 rings (SSSR count). The second-order valence-electron chi connectivity index (χ2n) is 4.46. The molecule has 0 saturated heterocycles. The van der Waals surface area contributed by atoms with Crippen LogP contribution in [0.15, 0.2) is 30.5 Å². The van der Waals surface area contributed by atoms with E-state index in [1.807, 2.05) is 0 Å². The van der Waals surface area contributed by atoms with E-state index in [4.69, 9.17) is 0 Å². The van der Waals surface area contributed by atoms with Crippen LogP contribution in [0.2, 0.25) is 0 Å². The first-order valence-electron chi connectivity index (χ1n) is 6.44. The van der Waals surface area contributed by atoms with Gasteiger partial charge in [0, 0.05) is 13.1 Å². The van der Waals surface area contributed by atoms with Gasteiger partial charge in [0.25, 0.3) is 5.91 Å². The number of rotatable bonds is 5. The van der Waals surface area contributed by atoms with Gasteiger partial charge < -0.3 is 10.6 Å². The maximum Gasteiger partial charge on any atom is 0.416 e. The van der Waals surface area contributed by atoms with Gasteiger partial charge in [-0.05, 0) is 25.2 Å². The van der Waals surface area contributed by atoms with Gasteiger partial charge in [0.05, 0.1) is 17.4 Å². The van der Waals surface area contributed by atoms with Crippen molar-refractivity contribution in [3.63, 3.8) is 0 Å². The number of hydrogen-bond donors (Lipinski definition) is 2. The van der Waals surface area contributed by atoms with Gasteiger partial charge >= 0.3 is 6.18 Å². The van der Waals surface area contributed by atoms with Crippen LogP contribution >= 0.6 is 0 Å². The summed E-state index contributed by atoms with van der Waals surface area (Å²) < 4.78 is 39.2. The lowest BCUT2D eigenvalue weighted by atomic mass is 10.2. The maximum absolute atomic E-state index is 12.7. The van der Waals surface area contributed by atoms with Gasteiger partial charge in [0.1, 0.15) is 0 Å². The second kappa shape index (κ2) is 6.56. The zero-order valence-corrected chi connectivity index (χ0v) is 11.7. The molecule has 22 heavy (non-hydrogen) atoms. The summed E-state index contributed by atoms with van der Waals surface area (Å²) in [6, 6.07) is 4.63. The van der Waals surface area contributed by atoms with E-state index in [9.17, 15) is 18.0 Å². The van der Waals surface area contributed by atoms with Crippen LogP contribution in [-0.2, 0) is 6.18 Å². The Kier molecular flexibility index (Phi) is 4.76. The number of aromatic nitrogens is 3. The number of nitrogens with one attached hydrogen (secondary N) is 2. The average molecular weight is 313 g/mol. The van der Waals surface area contributed by atoms with E-state index in [2.05, 4.69) is 20.9 Å². The zero-order chi connectivity index (χ0) is 16.2. The van der Waals surface area contributed by atoms with Crippen LogP contribution in [-0.4, -0.2) is 41.0 Å². The molecule has 0 bridgehead atoms. The molecule has 6 nitrogen and oxygen atoms in total. The van der Waals surface area contributed by atoms with Crippen LogP contribution in [0.1, 0.15) is 16.1 Å². The van der Waals surface area contributed by atoms with Crippen molar-refractivity contribution in [2.24, 2.45) is 0 Å². The number of carbonyl (C=O) groups excluding carboxylic acids is 1. The first kappa shape index (κ1) is 16.0. The Morgan fingerprint density at radius 1 is 1.32 bits per heavy atom. The van der Waals surface area contributed by atoms with Gasteiger partial charge in [-0.1, -0.05) is 11.3 Å². The molecule has 0 fully saturated rings. The Labute approximate surface area is 124 Å². The molecule has 1 aromatic heterocycles. The normalized spacial score (nSPS) is 11.5. The van der Waals surface area contributed by atoms with Crippen LogP contribution in [0.25, 0.3) is 5.69 Å². The first-order chi connectivity index (χ1) is 10.4. The average Bonchev–Trinajstić information content (AvgIpc) is 2.96. The van der Waals surface area contributed by atoms with Crippen LogP contribution in [0, 0.1) is 0 Å². The monoisotopic (exact) mass is 313 g/mol. The van der Waals surface area contributed by atoms with Gasteiger partial charge in [0.15, 0.2) is 5.69 Å². The SMILES string of the molecule is CNCCNC(=O)c1cn(-c2cccc(C(F)(F)F)c2)nn1. The molecule has 0 aliphatic heterocycles. The number of alkyl halides is 3. The molecule has 0 aliphatic rings. The van der Waals surface area contributed by atoms with Crippen LogP contribution in [0.5, 0.6) is 0 Å². The van der Waals surface area contributed by atoms with Crippen molar-refractivity contribution in [2.45, 2.75) is 6.18 Å². The molecule has 1 amide bonds. The fourth-order valence-electron chi connectivity index (χ4n) is 1.71. The highest BCUT2D eigenvalue weighted by Gasteiger charge is 2.30. The molecule has 0 unspecified atom stereocenters. The minimum absolute atomic E-state index is 0.0357. The second-order valence-corrected chi connectivity index (χ2v) is 4.46. The molecule has 9 heteroatoms. The van der Waals surface area contributed by atoms with Gasteiger partial charge in [-0.15, -0.1) is 5.10 Å². The van der Waals surface area contributed by atoms with Crippen molar-refractivity contribution in [2.75, 3.05) is 20.1 Å². The molecule has 1 heterocycles. The Morgan fingerprint density at radius 3 is 2.77 bits per heavy atom. The topological polar surface area (TPSA) is 71.8 Å². The standard InChI is InChI=1S/C13H14F3N5O/c1-17-5-6-18-12(22)11-8-21(20-19-11)10-4-2-3-9(7-10)13(14,15)16/h2-4,7-8,17H,5-6H2,1H3,(H,18,22). The lowest BCUT2D eigenvalue weighted by Crippen LogP contribution is -2.30. The third-order valence-electron chi connectivity index (χ3n) is 2.82. The van der Waals surface area contributed by atoms with Crippen LogP contribution in [0.3, 0.4) is 0 Å². The van der Waals surface area contributed by atoms with E-state index < -0.39 is 17.6 Å². The van der Waals surface area contributed by atoms with E-state index in [1.54, 1.807) is 7.05 Å². The third-order valence-corrected chi connectivity index (χ3v) is 2.82. The van der Waals surface area contributed by atoms with Gasteiger partial charge in [-0.25, -0.2) is 4.68 Å². The molecule has 0 spiro atoms. The summed E-state index contributed by atoms with van der Waals surface area (Å²) in [4.78, 5) is 11.8. The summed E-state index contributed by atoms with van der Waals surface area (Å²) >= 11 is 0. The van der Waals surface area contributed by atoms with Crippen LogP contribution < -0.4 is 10.6 Å². The highest BCUT2D eigenvalue weighted by molar-refractivity contribution is 5.91. The lowest BCUT2D eigenvalue weighted by Gasteiger charge is -2.08. The van der Waals surface area contributed by atoms with Crippen molar-refractivity contribution in [1.82, 2.24) is 25.6 Å². The number of nitrogens with zero attached hydrogens (tertiary/aromatic N) is 3. The fourth-order valence-corrected chi connectivity index (χ4v) is 1.71. The molecule has 1 aromatic carbocycles. The smallest absolute Gasteiger partial charge is 0.349 e. The quantitative estimate of drug-likeness (QED) is 0.815. The van der Waals surface area contributed by atoms with E-state index in [-0.39, 0.29) is 11.4 Å². The van der Waals surface area contributed by atoms with E-state index >= 15 is 0 Å². The number of carbonyl (C=O) groups is 1. The number of hydrogen-bond acceptors (Lipinski definition) is 4. The minimum Gasteiger partial charge on any atom is -0.349 e. The molecular weight excluding hydrogens is 299 g/mol. The molecule has 0 atom stereocenters. The Bertz CT molecular complexity index is 653. The number of halogens is 3. The summed E-state index contributed by atoms with van der Waals surface area (Å²) in [6.07, 6.45) is -3.16. The van der Waals surface area contributed by atoms with Crippen molar-refractivity contribution in [3.8, 4) is 5.69 Å². The number of likely N-dealkylation sites (N-methyl/N-ethyl adjacent to an activating group) is 1. The summed E-state index contributed by atoms with van der Waals surface area (Å²) in [6.45, 7) is 0.999. The fraction of sp³-hybridized carbons (Fsp3) is 0.308. The molecule has 118 valence electrons. The highest BCUT2D eigenvalue weighted by Crippen LogP contribution is 2.30. The molecule has 2 aromatic rings. The predicted octanol–water partition coefficient (Wildman–Crippen LogP) is 1.24. The van der Waals surface area contributed by atoms with E-state index in [1.165, 1.54) is 18.3 Å². The summed E-state index contributed by atoms with van der Waals surface area (Å²) in [5, 5.41) is 12.8. The van der Waals surface area contributed by atoms with Crippen molar-refractivity contribution >= 4 is 5.91 Å². The highest BCUT2D eigenvalue weighted by atomic mass is 19.4. The van der Waals surface area contributed by atoms with E-state index in [0.29, 0.717) is 13.1 Å². The van der Waals surface area contributed by atoms with Crippen LogP contribution in [0.4, 0.5) is 13.2 Å². The summed E-state index contributed by atoms with van der Waals surface area (Å²) in [5.74, 6) is -0.437. The Morgan fingerprint density at radius 2 is 2.09 bits per heavy atom. The Balaban J connectivity index is 2.16. The molecule has 0 radical (unpaired) electrons. The van der Waals surface area contributed by atoms with Crippen molar-refractivity contribution in [3.05, 3.63) is 41.7 Å². The van der Waals surface area contributed by atoms with E-state index in [0.717, 1.165) is 16.8 Å². The minimum atomic E-state index is -4.44. The van der Waals surface area contributed by atoms with Crippen molar-refractivity contribution < 1.29 is 18.0 Å². The number of benzene rings is 1. The first-order valence-corrected chi connectivity index (χ1v) is 6.44. The molecular formula is C13H14F3N5O. The zero-order valence-electron chi connectivity index (χ0n) is 11.7.